The van der Waals surface area contributed by atoms with Gasteiger partial charge in [0.1, 0.15) is 5.75 Å². The summed E-state index contributed by atoms with van der Waals surface area (Å²) in [6.07, 6.45) is 1.87. The molecule has 0 atom stereocenters. The molecule has 0 amide bonds. The van der Waals surface area contributed by atoms with E-state index in [1.165, 1.54) is 21.9 Å². The fourth-order valence-corrected chi connectivity index (χ4v) is 6.95. The van der Waals surface area contributed by atoms with E-state index in [1.54, 1.807) is 6.07 Å². The van der Waals surface area contributed by atoms with Crippen LogP contribution in [0.5, 0.6) is 5.75 Å². The van der Waals surface area contributed by atoms with Crippen molar-refractivity contribution in [3.8, 4) is 61.8 Å². The summed E-state index contributed by atoms with van der Waals surface area (Å²) < 4.78 is 0. The van der Waals surface area contributed by atoms with Crippen LogP contribution in [0.2, 0.25) is 0 Å². The molecule has 3 heterocycles. The van der Waals surface area contributed by atoms with Crippen LogP contribution < -0.4 is 0 Å². The van der Waals surface area contributed by atoms with Crippen LogP contribution in [0.3, 0.4) is 0 Å². The molecule has 0 aliphatic heterocycles. The first-order chi connectivity index (χ1) is 24.9. The average Bonchev–Trinajstić information content (AvgIpc) is 3.53. The first kappa shape index (κ1) is 36.1. The van der Waals surface area contributed by atoms with E-state index in [9.17, 15) is 5.11 Å². The molecule has 8 aromatic rings. The molecule has 5 heteroatoms. The third-order valence-corrected chi connectivity index (χ3v) is 9.96. The van der Waals surface area contributed by atoms with Crippen LogP contribution in [-0.4, -0.2) is 20.1 Å². The molecule has 5 aromatic carbocycles. The van der Waals surface area contributed by atoms with E-state index in [1.807, 2.05) is 36.5 Å². The molecule has 53 heavy (non-hydrogen) atoms. The fourth-order valence-electron chi connectivity index (χ4n) is 6.95. The maximum atomic E-state index is 11.0. The zero-order valence-corrected chi connectivity index (χ0v) is 33.1. The molecule has 0 saturated heterocycles. The molecule has 0 unspecified atom stereocenters. The monoisotopic (exact) mass is 871 g/mol. The minimum atomic E-state index is -0.0318. The molecule has 0 aliphatic rings. The Morgan fingerprint density at radius 1 is 0.547 bits per heavy atom. The predicted octanol–water partition coefficient (Wildman–Crippen LogP) is 12.5. The number of pyridine rings is 2. The molecule has 0 saturated carbocycles. The van der Waals surface area contributed by atoms with Gasteiger partial charge in [0.15, 0.2) is 0 Å². The number of aromatic hydroxyl groups is 1. The largest absolute Gasteiger partial charge is 0.507 e. The van der Waals surface area contributed by atoms with Crippen molar-refractivity contribution in [3.05, 3.63) is 151 Å². The number of rotatable bonds is 5. The normalized spacial score (nSPS) is 11.9. The molecular formula is C48H42N3OPt-. The number of aromatic amines is 1. The first-order valence-corrected chi connectivity index (χ1v) is 17.9. The fraction of sp³-hybridized carbons (Fsp3) is 0.167. The average molecular weight is 872 g/mol. The number of benzene rings is 5. The third kappa shape index (κ3) is 7.09. The van der Waals surface area contributed by atoms with Crippen LogP contribution in [0.1, 0.15) is 52.7 Å². The topological polar surface area (TPSA) is 61.8 Å². The van der Waals surface area contributed by atoms with Gasteiger partial charge in [0.05, 0.1) is 11.2 Å². The minimum absolute atomic E-state index is 0. The predicted molar refractivity (Wildman–Crippen MR) is 216 cm³/mol. The first-order valence-electron chi connectivity index (χ1n) is 17.9. The Bertz CT molecular complexity index is 2590. The van der Waals surface area contributed by atoms with E-state index in [4.69, 9.17) is 9.97 Å². The molecule has 0 bridgehead atoms. The Morgan fingerprint density at radius 3 is 1.87 bits per heavy atom. The summed E-state index contributed by atoms with van der Waals surface area (Å²) >= 11 is 0. The number of aromatic nitrogens is 3. The standard InChI is InChI=1S/C48H42N3O.Pt/c1-47(2,3)35-24-33(25-36(29-35)48(4,5)6)34-27-43(50-44(28-34)40-16-8-10-20-45(40)52)32-14-11-13-31(23-32)42-26-30(21-22-49-42)37-17-12-18-39-38-15-7-9-19-41(38)51-46(37)39;/h7-22,24-29,51-52H,1-6H3;/q-1;. The van der Waals surface area contributed by atoms with Gasteiger partial charge in [-0.1, -0.05) is 132 Å². The Balaban J connectivity index is 0.00000435. The van der Waals surface area contributed by atoms with Gasteiger partial charge in [-0.3, -0.25) is 9.97 Å². The van der Waals surface area contributed by atoms with E-state index >= 15 is 0 Å². The van der Waals surface area contributed by atoms with Gasteiger partial charge in [-0.05, 0) is 69.0 Å². The zero-order chi connectivity index (χ0) is 36.2. The van der Waals surface area contributed by atoms with Crippen LogP contribution in [0.25, 0.3) is 77.8 Å². The number of H-pyrrole nitrogens is 1. The van der Waals surface area contributed by atoms with Crippen molar-refractivity contribution in [2.75, 3.05) is 0 Å². The van der Waals surface area contributed by atoms with Crippen LogP contribution in [0.4, 0.5) is 0 Å². The van der Waals surface area contributed by atoms with Gasteiger partial charge in [-0.2, -0.15) is 0 Å². The second kappa shape index (κ2) is 13.9. The van der Waals surface area contributed by atoms with Crippen molar-refractivity contribution in [2.45, 2.75) is 52.4 Å². The summed E-state index contributed by atoms with van der Waals surface area (Å²) in [5.74, 6) is 0.195. The van der Waals surface area contributed by atoms with Gasteiger partial charge in [-0.15, -0.1) is 24.3 Å². The molecule has 4 nitrogen and oxygen atoms in total. The summed E-state index contributed by atoms with van der Waals surface area (Å²) in [5, 5.41) is 13.4. The number of phenols is 1. The number of nitrogens with zero attached hydrogens (tertiary/aromatic N) is 2. The molecule has 0 fully saturated rings. The summed E-state index contributed by atoms with van der Waals surface area (Å²) in [7, 11) is 0. The van der Waals surface area contributed by atoms with E-state index in [0.717, 1.165) is 55.8 Å². The second-order valence-corrected chi connectivity index (χ2v) is 15.7. The maximum absolute atomic E-state index is 11.0. The van der Waals surface area contributed by atoms with Crippen molar-refractivity contribution in [2.24, 2.45) is 0 Å². The van der Waals surface area contributed by atoms with Crippen molar-refractivity contribution in [1.82, 2.24) is 15.0 Å². The number of hydrogen-bond donors (Lipinski definition) is 2. The number of fused-ring (bicyclic) bond motifs is 3. The van der Waals surface area contributed by atoms with Crippen molar-refractivity contribution >= 4 is 21.8 Å². The Morgan fingerprint density at radius 2 is 1.13 bits per heavy atom. The summed E-state index contributed by atoms with van der Waals surface area (Å²) in [5.41, 5.74) is 13.8. The van der Waals surface area contributed by atoms with E-state index < -0.39 is 0 Å². The van der Waals surface area contributed by atoms with Crippen molar-refractivity contribution in [3.63, 3.8) is 0 Å². The van der Waals surface area contributed by atoms with Crippen LogP contribution in [0, 0.1) is 6.07 Å². The van der Waals surface area contributed by atoms with Gasteiger partial charge >= 0.3 is 0 Å². The number of para-hydroxylation sites is 3. The molecule has 0 spiro atoms. The molecule has 0 aliphatic carbocycles. The molecular weight excluding hydrogens is 830 g/mol. The number of nitrogens with one attached hydrogen (secondary N) is 1. The number of phenolic OH excluding ortho intramolecular Hbond substituents is 1. The summed E-state index contributed by atoms with van der Waals surface area (Å²) in [4.78, 5) is 13.6. The molecule has 0 radical (unpaired) electrons. The van der Waals surface area contributed by atoms with Crippen LogP contribution in [-0.2, 0) is 31.9 Å². The molecule has 266 valence electrons. The molecule has 2 N–H and O–H groups in total. The quantitative estimate of drug-likeness (QED) is 0.169. The molecule has 8 rings (SSSR count). The van der Waals surface area contributed by atoms with Gasteiger partial charge in [0, 0.05) is 66.1 Å². The van der Waals surface area contributed by atoms with Crippen LogP contribution >= 0.6 is 0 Å². The molecule has 3 aromatic heterocycles. The third-order valence-electron chi connectivity index (χ3n) is 9.96. The minimum Gasteiger partial charge on any atom is -0.507 e. The van der Waals surface area contributed by atoms with Crippen molar-refractivity contribution in [1.29, 1.82) is 0 Å². The van der Waals surface area contributed by atoms with Gasteiger partial charge in [0.25, 0.3) is 0 Å². The Kier molecular flexibility index (Phi) is 9.47. The van der Waals surface area contributed by atoms with Gasteiger partial charge in [-0.25, -0.2) is 0 Å². The maximum Gasteiger partial charge on any atom is 0.124 e. The second-order valence-electron chi connectivity index (χ2n) is 15.7. The van der Waals surface area contributed by atoms with E-state index in [-0.39, 0.29) is 37.6 Å². The SMILES string of the molecule is CC(C)(C)c1cc(-c2cc(-c3[c-]c(-c4cc(-c5cccc6c5[nH]c5ccccc56)ccn4)ccc3)nc(-c3ccccc3O)c2)cc(C(C)(C)C)c1.[Pt]. The summed E-state index contributed by atoms with van der Waals surface area (Å²) in [6.45, 7) is 13.5. The summed E-state index contributed by atoms with van der Waals surface area (Å²) in [6, 6.07) is 47.4. The van der Waals surface area contributed by atoms with Gasteiger partial charge in [0.2, 0.25) is 0 Å². The number of hydrogen-bond acceptors (Lipinski definition) is 3. The van der Waals surface area contributed by atoms with Crippen LogP contribution in [0.15, 0.2) is 134 Å². The Hall–Kier alpha value is -5.31. The zero-order valence-electron chi connectivity index (χ0n) is 30.9. The smallest absolute Gasteiger partial charge is 0.124 e. The Labute approximate surface area is 326 Å². The van der Waals surface area contributed by atoms with E-state index in [2.05, 4.69) is 144 Å². The van der Waals surface area contributed by atoms with Crippen molar-refractivity contribution < 1.29 is 26.2 Å². The van der Waals surface area contributed by atoms with Gasteiger partial charge < -0.3 is 10.1 Å². The van der Waals surface area contributed by atoms with E-state index in [0.29, 0.717) is 11.3 Å².